The Morgan fingerprint density at radius 1 is 1.33 bits per heavy atom. The highest BCUT2D eigenvalue weighted by Crippen LogP contribution is 2.20. The van der Waals surface area contributed by atoms with Gasteiger partial charge in [0.2, 0.25) is 0 Å². The molecule has 1 N–H and O–H groups in total. The summed E-state index contributed by atoms with van der Waals surface area (Å²) in [6.45, 7) is 0. The summed E-state index contributed by atoms with van der Waals surface area (Å²) < 4.78 is 69.6. The molecule has 0 bridgehead atoms. The summed E-state index contributed by atoms with van der Waals surface area (Å²) in [6, 6.07) is -2.70. The van der Waals surface area contributed by atoms with E-state index in [0.29, 0.717) is 0 Å². The van der Waals surface area contributed by atoms with Crippen molar-refractivity contribution in [3.8, 4) is 0 Å². The first kappa shape index (κ1) is 6.12. The molecule has 15 heavy (non-hydrogen) atoms. The molecule has 0 saturated carbocycles. The van der Waals surface area contributed by atoms with Crippen LogP contribution in [0, 0.1) is 3.57 Å². The predicted molar refractivity (Wildman–Crippen MR) is 64.3 cm³/mol. The maximum Gasteiger partial charge on any atom is 0.312 e. The molecule has 0 aliphatic rings. The van der Waals surface area contributed by atoms with E-state index >= 15 is 0 Å². The lowest BCUT2D eigenvalue weighted by atomic mass is 10.2. The first-order chi connectivity index (χ1) is 9.07. The largest absolute Gasteiger partial charge is 0.312 e. The van der Waals surface area contributed by atoms with Gasteiger partial charge in [-0.05, 0) is 40.7 Å². The molecular weight excluding hydrogens is 329 g/mol. The average Bonchev–Trinajstić information content (AvgIpc) is 2.35. The van der Waals surface area contributed by atoms with Crippen LogP contribution in [-0.4, -0.2) is 18.0 Å². The van der Waals surface area contributed by atoms with E-state index < -0.39 is 39.3 Å². The van der Waals surface area contributed by atoms with E-state index in [4.69, 9.17) is 11.4 Å². The number of fused-ring (bicyclic) bond motifs is 1. The van der Waals surface area contributed by atoms with Crippen molar-refractivity contribution in [2.24, 2.45) is 0 Å². The standard InChI is InChI=1S/C9H6INO3S/c10-7-3-1-2-6-4-5-8(11-9(6)7)15(12,13)14/h1-5H,(H,12,13,14)/i1D,2D,3D,4D,5D. The van der Waals surface area contributed by atoms with Crippen molar-refractivity contribution in [1.82, 2.24) is 4.98 Å². The van der Waals surface area contributed by atoms with Crippen LogP contribution in [0.3, 0.4) is 0 Å². The van der Waals surface area contributed by atoms with Crippen LogP contribution < -0.4 is 0 Å². The fourth-order valence-corrected chi connectivity index (χ4v) is 1.85. The van der Waals surface area contributed by atoms with Crippen LogP contribution in [0.5, 0.6) is 0 Å². The number of para-hydroxylation sites is 1. The van der Waals surface area contributed by atoms with E-state index in [1.54, 1.807) is 22.6 Å². The van der Waals surface area contributed by atoms with Gasteiger partial charge in [-0.1, -0.05) is 12.1 Å². The fourth-order valence-electron chi connectivity index (χ4n) is 0.940. The van der Waals surface area contributed by atoms with Crippen molar-refractivity contribution in [1.29, 1.82) is 0 Å². The summed E-state index contributed by atoms with van der Waals surface area (Å²) in [5.74, 6) is 0. The van der Waals surface area contributed by atoms with Gasteiger partial charge in [0.05, 0.1) is 12.4 Å². The van der Waals surface area contributed by atoms with Crippen LogP contribution in [0.25, 0.3) is 10.9 Å². The molecule has 2 rings (SSSR count). The van der Waals surface area contributed by atoms with Gasteiger partial charge < -0.3 is 0 Å². The van der Waals surface area contributed by atoms with Gasteiger partial charge in [-0.3, -0.25) is 4.55 Å². The van der Waals surface area contributed by atoms with E-state index in [1.807, 2.05) is 0 Å². The third kappa shape index (κ3) is 2.11. The van der Waals surface area contributed by atoms with E-state index in [0.717, 1.165) is 0 Å². The monoisotopic (exact) mass is 340 g/mol. The Balaban J connectivity index is 3.15. The van der Waals surface area contributed by atoms with Crippen molar-refractivity contribution >= 4 is 43.6 Å². The zero-order valence-electron chi connectivity index (χ0n) is 12.0. The summed E-state index contributed by atoms with van der Waals surface area (Å²) in [4.78, 5) is 3.59. The van der Waals surface area contributed by atoms with Gasteiger partial charge in [0.25, 0.3) is 0 Å². The van der Waals surface area contributed by atoms with Crippen molar-refractivity contribution in [3.63, 3.8) is 0 Å². The first-order valence-electron chi connectivity index (χ1n) is 6.11. The number of rotatable bonds is 1. The number of halogens is 1. The molecule has 0 saturated heterocycles. The number of nitrogens with zero attached hydrogens (tertiary/aromatic N) is 1. The Kier molecular flexibility index (Phi) is 1.50. The van der Waals surface area contributed by atoms with Crippen LogP contribution in [-0.2, 0) is 10.1 Å². The van der Waals surface area contributed by atoms with Crippen LogP contribution in [0.1, 0.15) is 6.85 Å². The Morgan fingerprint density at radius 3 is 2.73 bits per heavy atom. The highest BCUT2D eigenvalue weighted by molar-refractivity contribution is 14.1. The smallest absolute Gasteiger partial charge is 0.281 e. The highest BCUT2D eigenvalue weighted by Gasteiger charge is 2.12. The number of pyridine rings is 1. The van der Waals surface area contributed by atoms with Crippen molar-refractivity contribution in [2.45, 2.75) is 5.03 Å². The lowest BCUT2D eigenvalue weighted by Gasteiger charge is -2.01. The average molecular weight is 340 g/mol. The predicted octanol–water partition coefficient (Wildman–Crippen LogP) is 2.09. The number of hydrogen-bond donors (Lipinski definition) is 1. The first-order valence-corrected chi connectivity index (χ1v) is 6.13. The van der Waals surface area contributed by atoms with E-state index in [-0.39, 0.29) is 20.5 Å². The SMILES string of the molecule is [2H]c1c([2H])c([2H])c2c([2H])c([2H])c(S(=O)(=O)O)nc2c1I. The number of aromatic nitrogens is 1. The zero-order valence-corrected chi connectivity index (χ0v) is 9.97. The molecule has 0 aliphatic heterocycles. The van der Waals surface area contributed by atoms with Crippen LogP contribution in [0.15, 0.2) is 35.2 Å². The quantitative estimate of drug-likeness (QED) is 0.638. The molecule has 0 spiro atoms. The Labute approximate surface area is 107 Å². The summed E-state index contributed by atoms with van der Waals surface area (Å²) in [5, 5.41) is -1.18. The minimum absolute atomic E-state index is 0.0806. The fraction of sp³-hybridized carbons (Fsp3) is 0. The molecular formula is C9H6INO3S. The molecule has 0 aliphatic carbocycles. The van der Waals surface area contributed by atoms with E-state index in [9.17, 15) is 8.42 Å². The molecule has 1 aromatic heterocycles. The normalized spacial score (nSPS) is 16.5. The van der Waals surface area contributed by atoms with E-state index in [2.05, 4.69) is 4.98 Å². The number of benzene rings is 1. The molecule has 0 radical (unpaired) electrons. The molecule has 1 heterocycles. The molecule has 1 aromatic carbocycles. The zero-order chi connectivity index (χ0) is 15.4. The maximum atomic E-state index is 11.2. The molecule has 0 amide bonds. The van der Waals surface area contributed by atoms with Crippen LogP contribution in [0.2, 0.25) is 0 Å². The van der Waals surface area contributed by atoms with Gasteiger partial charge in [0, 0.05) is 8.96 Å². The van der Waals surface area contributed by atoms with Gasteiger partial charge in [-0.15, -0.1) is 0 Å². The molecule has 2 aromatic rings. The second kappa shape index (κ2) is 3.69. The minimum atomic E-state index is -4.79. The Morgan fingerprint density at radius 2 is 2.07 bits per heavy atom. The van der Waals surface area contributed by atoms with Crippen molar-refractivity contribution in [2.75, 3.05) is 0 Å². The lowest BCUT2D eigenvalue weighted by Crippen LogP contribution is -2.01. The van der Waals surface area contributed by atoms with Gasteiger partial charge in [0.1, 0.15) is 0 Å². The maximum absolute atomic E-state index is 11.2. The lowest BCUT2D eigenvalue weighted by molar-refractivity contribution is 0.479. The topological polar surface area (TPSA) is 67.3 Å². The molecule has 0 unspecified atom stereocenters. The molecule has 78 valence electrons. The van der Waals surface area contributed by atoms with Gasteiger partial charge in [0.15, 0.2) is 5.03 Å². The summed E-state index contributed by atoms with van der Waals surface area (Å²) in [5.41, 5.74) is -0.162. The second-order valence-corrected chi connectivity index (χ2v) is 4.97. The van der Waals surface area contributed by atoms with Gasteiger partial charge in [-0.25, -0.2) is 4.98 Å². The molecule has 4 nitrogen and oxygen atoms in total. The van der Waals surface area contributed by atoms with Gasteiger partial charge in [-0.2, -0.15) is 8.42 Å². The summed E-state index contributed by atoms with van der Waals surface area (Å²) in [6.07, 6.45) is 0. The summed E-state index contributed by atoms with van der Waals surface area (Å²) >= 11 is 1.64. The second-order valence-electron chi connectivity index (χ2n) is 2.55. The molecule has 6 heteroatoms. The Bertz CT molecular complexity index is 855. The van der Waals surface area contributed by atoms with Crippen LogP contribution >= 0.6 is 22.6 Å². The Hall–Kier alpha value is -0.730. The molecule has 0 atom stereocenters. The van der Waals surface area contributed by atoms with Crippen LogP contribution in [0.4, 0.5) is 0 Å². The third-order valence-electron chi connectivity index (χ3n) is 1.56. The minimum Gasteiger partial charge on any atom is -0.281 e. The van der Waals surface area contributed by atoms with Gasteiger partial charge >= 0.3 is 10.1 Å². The third-order valence-corrected chi connectivity index (χ3v) is 3.02. The van der Waals surface area contributed by atoms with Crippen molar-refractivity contribution in [3.05, 3.63) is 33.8 Å². The summed E-state index contributed by atoms with van der Waals surface area (Å²) in [7, 11) is -4.79. The molecule has 0 fully saturated rings. The van der Waals surface area contributed by atoms with E-state index in [1.165, 1.54) is 0 Å². The van der Waals surface area contributed by atoms with Crippen molar-refractivity contribution < 1.29 is 19.8 Å². The highest BCUT2D eigenvalue weighted by atomic mass is 127. The number of hydrogen-bond acceptors (Lipinski definition) is 3.